The van der Waals surface area contributed by atoms with Gasteiger partial charge in [-0.2, -0.15) is 0 Å². The fraction of sp³-hybridized carbons (Fsp3) is 0.571. The van der Waals surface area contributed by atoms with E-state index in [1.54, 1.807) is 12.1 Å². The van der Waals surface area contributed by atoms with Crippen LogP contribution in [0.2, 0.25) is 0 Å². The third-order valence-corrected chi connectivity index (χ3v) is 3.47. The van der Waals surface area contributed by atoms with Gasteiger partial charge in [0.1, 0.15) is 5.82 Å². The molecular weight excluding hydrogens is 233 g/mol. The van der Waals surface area contributed by atoms with Crippen LogP contribution in [0.15, 0.2) is 24.3 Å². The van der Waals surface area contributed by atoms with Crippen molar-refractivity contribution in [2.45, 2.75) is 38.5 Å². The first-order valence-corrected chi connectivity index (χ1v) is 6.52. The fourth-order valence-corrected chi connectivity index (χ4v) is 2.56. The molecule has 3 atom stereocenters. The molecule has 1 aliphatic carbocycles. The number of benzene rings is 1. The molecule has 1 fully saturated rings. The fourth-order valence-electron chi connectivity index (χ4n) is 2.56. The van der Waals surface area contributed by atoms with Gasteiger partial charge in [-0.3, -0.25) is 0 Å². The Hall–Kier alpha value is -1.13. The average molecular weight is 253 g/mol. The Labute approximate surface area is 107 Å². The summed E-state index contributed by atoms with van der Waals surface area (Å²) in [5.74, 6) is -0.132. The molecule has 0 amide bonds. The molecule has 2 rings (SSSR count). The van der Waals surface area contributed by atoms with Gasteiger partial charge in [0.15, 0.2) is 6.29 Å². The second-order valence-corrected chi connectivity index (χ2v) is 4.70. The van der Waals surface area contributed by atoms with Crippen LogP contribution in [-0.2, 0) is 4.74 Å². The van der Waals surface area contributed by atoms with Crippen molar-refractivity contribution in [2.75, 3.05) is 11.9 Å². The van der Waals surface area contributed by atoms with E-state index in [0.717, 1.165) is 24.9 Å². The maximum atomic E-state index is 12.8. The third-order valence-electron chi connectivity index (χ3n) is 3.47. The Bertz CT molecular complexity index is 369. The van der Waals surface area contributed by atoms with Gasteiger partial charge in [0.2, 0.25) is 0 Å². The van der Waals surface area contributed by atoms with Gasteiger partial charge in [-0.1, -0.05) is 6.42 Å². The Balaban J connectivity index is 1.97. The summed E-state index contributed by atoms with van der Waals surface area (Å²) in [6, 6.07) is 6.50. The molecule has 0 saturated heterocycles. The number of halogens is 1. The Morgan fingerprint density at radius 1 is 1.39 bits per heavy atom. The SMILES string of the molecule is CCOC(O)C1CCCC1Nc1ccc(F)cc1. The van der Waals surface area contributed by atoms with E-state index in [4.69, 9.17) is 4.74 Å². The highest BCUT2D eigenvalue weighted by Gasteiger charge is 2.33. The molecule has 3 unspecified atom stereocenters. The molecule has 0 heterocycles. The number of ether oxygens (including phenoxy) is 1. The summed E-state index contributed by atoms with van der Waals surface area (Å²) < 4.78 is 18.1. The summed E-state index contributed by atoms with van der Waals surface area (Å²) in [4.78, 5) is 0. The van der Waals surface area contributed by atoms with Gasteiger partial charge in [0.25, 0.3) is 0 Å². The van der Waals surface area contributed by atoms with Crippen molar-refractivity contribution in [3.63, 3.8) is 0 Å². The van der Waals surface area contributed by atoms with Gasteiger partial charge in [0.05, 0.1) is 0 Å². The lowest BCUT2D eigenvalue weighted by atomic mass is 10.0. The predicted octanol–water partition coefficient (Wildman–Crippen LogP) is 2.76. The van der Waals surface area contributed by atoms with Crippen LogP contribution < -0.4 is 5.32 Å². The summed E-state index contributed by atoms with van der Waals surface area (Å²) in [5.41, 5.74) is 0.886. The maximum Gasteiger partial charge on any atom is 0.159 e. The Morgan fingerprint density at radius 3 is 2.78 bits per heavy atom. The molecule has 3 nitrogen and oxygen atoms in total. The zero-order chi connectivity index (χ0) is 13.0. The molecule has 0 aliphatic heterocycles. The second kappa shape index (κ2) is 6.16. The standard InChI is InChI=1S/C14H20FNO2/c1-2-18-14(17)12-4-3-5-13(12)16-11-8-6-10(15)7-9-11/h6-9,12-14,16-17H,2-5H2,1H3. The van der Waals surface area contributed by atoms with Crippen LogP contribution in [-0.4, -0.2) is 24.0 Å². The Kier molecular flexibility index (Phi) is 4.55. The highest BCUT2D eigenvalue weighted by atomic mass is 19.1. The van der Waals surface area contributed by atoms with E-state index in [1.165, 1.54) is 12.1 Å². The first-order valence-electron chi connectivity index (χ1n) is 6.52. The molecule has 0 bridgehead atoms. The second-order valence-electron chi connectivity index (χ2n) is 4.70. The number of nitrogens with one attached hydrogen (secondary N) is 1. The van der Waals surface area contributed by atoms with Crippen molar-refractivity contribution >= 4 is 5.69 Å². The van der Waals surface area contributed by atoms with Gasteiger partial charge in [-0.15, -0.1) is 0 Å². The first kappa shape index (κ1) is 13.3. The van der Waals surface area contributed by atoms with Crippen LogP contribution in [0, 0.1) is 11.7 Å². The molecule has 18 heavy (non-hydrogen) atoms. The summed E-state index contributed by atoms with van der Waals surface area (Å²) in [5, 5.41) is 13.3. The predicted molar refractivity (Wildman–Crippen MR) is 68.8 cm³/mol. The van der Waals surface area contributed by atoms with E-state index in [1.807, 2.05) is 6.92 Å². The van der Waals surface area contributed by atoms with Crippen LogP contribution in [0.1, 0.15) is 26.2 Å². The molecule has 0 radical (unpaired) electrons. The monoisotopic (exact) mass is 253 g/mol. The van der Waals surface area contributed by atoms with E-state index >= 15 is 0 Å². The zero-order valence-corrected chi connectivity index (χ0v) is 10.6. The summed E-state index contributed by atoms with van der Waals surface area (Å²) in [6.45, 7) is 2.39. The number of hydrogen-bond acceptors (Lipinski definition) is 3. The van der Waals surface area contributed by atoms with Crippen LogP contribution >= 0.6 is 0 Å². The number of hydrogen-bond donors (Lipinski definition) is 2. The van der Waals surface area contributed by atoms with Crippen LogP contribution in [0.25, 0.3) is 0 Å². The van der Waals surface area contributed by atoms with Gasteiger partial charge in [-0.25, -0.2) is 4.39 Å². The summed E-state index contributed by atoms with van der Waals surface area (Å²) in [6.07, 6.45) is 2.33. The number of rotatable bonds is 5. The number of anilines is 1. The lowest BCUT2D eigenvalue weighted by Crippen LogP contribution is -2.34. The van der Waals surface area contributed by atoms with Crippen molar-refractivity contribution in [1.82, 2.24) is 0 Å². The van der Waals surface area contributed by atoms with Crippen molar-refractivity contribution < 1.29 is 14.2 Å². The van der Waals surface area contributed by atoms with Crippen molar-refractivity contribution in [3.05, 3.63) is 30.1 Å². The van der Waals surface area contributed by atoms with E-state index in [9.17, 15) is 9.50 Å². The molecule has 1 aromatic carbocycles. The largest absolute Gasteiger partial charge is 0.382 e. The molecular formula is C14H20FNO2. The molecule has 4 heteroatoms. The minimum atomic E-state index is -0.713. The van der Waals surface area contributed by atoms with E-state index in [0.29, 0.717) is 6.61 Å². The van der Waals surface area contributed by atoms with Gasteiger partial charge in [0, 0.05) is 24.3 Å². The molecule has 0 spiro atoms. The van der Waals surface area contributed by atoms with Gasteiger partial charge >= 0.3 is 0 Å². The zero-order valence-electron chi connectivity index (χ0n) is 10.6. The van der Waals surface area contributed by atoms with Crippen LogP contribution in [0.4, 0.5) is 10.1 Å². The molecule has 2 N–H and O–H groups in total. The summed E-state index contributed by atoms with van der Waals surface area (Å²) in [7, 11) is 0. The van der Waals surface area contributed by atoms with Crippen molar-refractivity contribution in [1.29, 1.82) is 0 Å². The normalized spacial score (nSPS) is 25.1. The van der Waals surface area contributed by atoms with Crippen molar-refractivity contribution in [2.24, 2.45) is 5.92 Å². The smallest absolute Gasteiger partial charge is 0.159 e. The molecule has 0 aromatic heterocycles. The van der Waals surface area contributed by atoms with E-state index in [-0.39, 0.29) is 17.8 Å². The summed E-state index contributed by atoms with van der Waals surface area (Å²) >= 11 is 0. The molecule has 1 saturated carbocycles. The molecule has 100 valence electrons. The van der Waals surface area contributed by atoms with E-state index < -0.39 is 6.29 Å². The number of aliphatic hydroxyl groups excluding tert-OH is 1. The Morgan fingerprint density at radius 2 is 2.11 bits per heavy atom. The van der Waals surface area contributed by atoms with Crippen molar-refractivity contribution in [3.8, 4) is 0 Å². The number of aliphatic hydroxyl groups is 1. The minimum Gasteiger partial charge on any atom is -0.382 e. The average Bonchev–Trinajstić information content (AvgIpc) is 2.81. The highest BCUT2D eigenvalue weighted by Crippen LogP contribution is 2.31. The first-order chi connectivity index (χ1) is 8.70. The third kappa shape index (κ3) is 3.21. The highest BCUT2D eigenvalue weighted by molar-refractivity contribution is 5.44. The lowest BCUT2D eigenvalue weighted by Gasteiger charge is -2.26. The van der Waals surface area contributed by atoms with Gasteiger partial charge in [-0.05, 0) is 44.0 Å². The molecule has 1 aliphatic rings. The van der Waals surface area contributed by atoms with Crippen LogP contribution in [0.5, 0.6) is 0 Å². The maximum absolute atomic E-state index is 12.8. The quantitative estimate of drug-likeness (QED) is 0.793. The van der Waals surface area contributed by atoms with Gasteiger partial charge < -0.3 is 15.2 Å². The van der Waals surface area contributed by atoms with Crippen LogP contribution in [0.3, 0.4) is 0 Å². The minimum absolute atomic E-state index is 0.106. The van der Waals surface area contributed by atoms with E-state index in [2.05, 4.69) is 5.32 Å². The lowest BCUT2D eigenvalue weighted by molar-refractivity contribution is -0.130. The topological polar surface area (TPSA) is 41.5 Å². The molecule has 1 aromatic rings.